The summed E-state index contributed by atoms with van der Waals surface area (Å²) in [5.41, 5.74) is 1.25. The van der Waals surface area contributed by atoms with Crippen LogP contribution in [-0.2, 0) is 6.54 Å². The van der Waals surface area contributed by atoms with E-state index in [4.69, 9.17) is 14.2 Å². The third-order valence-electron chi connectivity index (χ3n) is 4.61. The molecule has 2 aliphatic heterocycles. The molecule has 3 heterocycles. The minimum Gasteiger partial charge on any atom is -0.481 e. The van der Waals surface area contributed by atoms with Crippen molar-refractivity contribution in [2.75, 3.05) is 38.2 Å². The molecule has 0 amide bonds. The number of pyridine rings is 1. The van der Waals surface area contributed by atoms with Crippen LogP contribution in [0, 0.1) is 0 Å². The first-order valence-electron chi connectivity index (χ1n) is 8.66. The summed E-state index contributed by atoms with van der Waals surface area (Å²) in [6.07, 6.45) is -0.191. The van der Waals surface area contributed by atoms with E-state index in [9.17, 15) is 0 Å². The van der Waals surface area contributed by atoms with Gasteiger partial charge in [0, 0.05) is 45.7 Å². The molecule has 1 atom stereocenters. The lowest BCUT2D eigenvalue weighted by Gasteiger charge is -2.35. The Labute approximate surface area is 147 Å². The number of nitrogens with zero attached hydrogens (tertiary/aromatic N) is 3. The Morgan fingerprint density at radius 2 is 1.88 bits per heavy atom. The van der Waals surface area contributed by atoms with E-state index in [1.807, 2.05) is 31.2 Å². The van der Waals surface area contributed by atoms with E-state index in [0.717, 1.165) is 50.0 Å². The van der Waals surface area contributed by atoms with Gasteiger partial charge >= 0.3 is 0 Å². The molecule has 0 saturated carbocycles. The Hall–Kier alpha value is -2.47. The van der Waals surface area contributed by atoms with Gasteiger partial charge in [0.25, 0.3) is 0 Å². The van der Waals surface area contributed by atoms with Crippen LogP contribution < -0.4 is 19.1 Å². The van der Waals surface area contributed by atoms with Gasteiger partial charge in [0.05, 0.1) is 7.11 Å². The molecule has 6 heteroatoms. The van der Waals surface area contributed by atoms with E-state index >= 15 is 0 Å². The fourth-order valence-corrected chi connectivity index (χ4v) is 3.31. The number of hydrogen-bond donors (Lipinski definition) is 0. The molecule has 0 radical (unpaired) electrons. The Balaban J connectivity index is 1.35. The molecular formula is C19H23N3O3. The highest BCUT2D eigenvalue weighted by Crippen LogP contribution is 2.35. The summed E-state index contributed by atoms with van der Waals surface area (Å²) in [7, 11) is 1.65. The van der Waals surface area contributed by atoms with Crippen LogP contribution in [0.3, 0.4) is 0 Å². The molecule has 1 aromatic heterocycles. The molecule has 1 fully saturated rings. The second kappa shape index (κ2) is 6.80. The van der Waals surface area contributed by atoms with Crippen LogP contribution in [0.2, 0.25) is 0 Å². The monoisotopic (exact) mass is 341 g/mol. The number of ether oxygens (including phenoxy) is 3. The third kappa shape index (κ3) is 3.49. The zero-order valence-electron chi connectivity index (χ0n) is 14.6. The number of piperazine rings is 1. The number of hydrogen-bond acceptors (Lipinski definition) is 6. The van der Waals surface area contributed by atoms with Crippen molar-refractivity contribution in [2.45, 2.75) is 19.8 Å². The van der Waals surface area contributed by atoms with Crippen molar-refractivity contribution in [3.05, 3.63) is 42.0 Å². The molecule has 1 aromatic carbocycles. The summed E-state index contributed by atoms with van der Waals surface area (Å²) >= 11 is 0. The molecule has 2 aliphatic rings. The quantitative estimate of drug-likeness (QED) is 0.852. The van der Waals surface area contributed by atoms with Gasteiger partial charge in [0.2, 0.25) is 12.2 Å². The highest BCUT2D eigenvalue weighted by molar-refractivity contribution is 5.45. The summed E-state index contributed by atoms with van der Waals surface area (Å²) in [4.78, 5) is 9.29. The summed E-state index contributed by atoms with van der Waals surface area (Å²) in [6.45, 7) is 6.76. The van der Waals surface area contributed by atoms with Crippen molar-refractivity contribution in [3.63, 3.8) is 0 Å². The van der Waals surface area contributed by atoms with Gasteiger partial charge < -0.3 is 19.1 Å². The number of benzene rings is 1. The summed E-state index contributed by atoms with van der Waals surface area (Å²) in [5.74, 6) is 3.33. The zero-order chi connectivity index (χ0) is 17.2. The molecule has 2 aromatic rings. The van der Waals surface area contributed by atoms with Gasteiger partial charge in [-0.05, 0) is 23.8 Å². The first-order chi connectivity index (χ1) is 12.2. The molecule has 0 N–H and O–H groups in total. The second-order valence-corrected chi connectivity index (χ2v) is 6.39. The largest absolute Gasteiger partial charge is 0.481 e. The number of fused-ring (bicyclic) bond motifs is 1. The lowest BCUT2D eigenvalue weighted by atomic mass is 10.1. The molecule has 6 nitrogen and oxygen atoms in total. The SMILES string of the molecule is COc1cccc(N2CCN(Cc3ccc4c(c3)OC(C)O4)CC2)n1. The van der Waals surface area contributed by atoms with Gasteiger partial charge in [0.1, 0.15) is 5.82 Å². The summed E-state index contributed by atoms with van der Waals surface area (Å²) < 4.78 is 16.5. The number of rotatable bonds is 4. The molecule has 132 valence electrons. The number of anilines is 1. The van der Waals surface area contributed by atoms with Gasteiger partial charge in [-0.3, -0.25) is 4.90 Å². The van der Waals surface area contributed by atoms with E-state index in [-0.39, 0.29) is 6.29 Å². The van der Waals surface area contributed by atoms with Gasteiger partial charge in [-0.25, -0.2) is 0 Å². The van der Waals surface area contributed by atoms with Crippen LogP contribution in [0.25, 0.3) is 0 Å². The maximum atomic E-state index is 5.66. The fourth-order valence-electron chi connectivity index (χ4n) is 3.31. The van der Waals surface area contributed by atoms with E-state index in [0.29, 0.717) is 5.88 Å². The van der Waals surface area contributed by atoms with Crippen molar-refractivity contribution < 1.29 is 14.2 Å². The van der Waals surface area contributed by atoms with Crippen LogP contribution in [-0.4, -0.2) is 49.5 Å². The number of aromatic nitrogens is 1. The smallest absolute Gasteiger partial charge is 0.238 e. The van der Waals surface area contributed by atoms with Crippen molar-refractivity contribution >= 4 is 5.82 Å². The molecule has 4 rings (SSSR count). The van der Waals surface area contributed by atoms with Crippen LogP contribution in [0.4, 0.5) is 5.82 Å². The lowest BCUT2D eigenvalue weighted by molar-refractivity contribution is 0.0678. The van der Waals surface area contributed by atoms with Gasteiger partial charge in [-0.15, -0.1) is 0 Å². The van der Waals surface area contributed by atoms with E-state index in [1.165, 1.54) is 5.56 Å². The Morgan fingerprint density at radius 1 is 1.08 bits per heavy atom. The molecule has 0 spiro atoms. The third-order valence-corrected chi connectivity index (χ3v) is 4.61. The van der Waals surface area contributed by atoms with Crippen molar-refractivity contribution in [1.82, 2.24) is 9.88 Å². The standard InChI is InChI=1S/C19H23N3O3/c1-14-24-16-7-6-15(12-17(16)25-14)13-21-8-10-22(11-9-21)18-4-3-5-19(20-18)23-2/h3-7,12,14H,8-11,13H2,1-2H3. The van der Waals surface area contributed by atoms with Crippen molar-refractivity contribution in [2.24, 2.45) is 0 Å². The Morgan fingerprint density at radius 3 is 2.68 bits per heavy atom. The van der Waals surface area contributed by atoms with E-state index in [2.05, 4.69) is 26.9 Å². The summed E-state index contributed by atoms with van der Waals surface area (Å²) in [5, 5.41) is 0. The van der Waals surface area contributed by atoms with E-state index in [1.54, 1.807) is 7.11 Å². The van der Waals surface area contributed by atoms with Crippen molar-refractivity contribution in [1.29, 1.82) is 0 Å². The molecular weight excluding hydrogens is 318 g/mol. The maximum absolute atomic E-state index is 5.66. The van der Waals surface area contributed by atoms with Gasteiger partial charge in [-0.2, -0.15) is 4.98 Å². The van der Waals surface area contributed by atoms with Crippen LogP contribution in [0.1, 0.15) is 12.5 Å². The minimum atomic E-state index is -0.191. The first-order valence-corrected chi connectivity index (χ1v) is 8.66. The van der Waals surface area contributed by atoms with Gasteiger partial charge in [0.15, 0.2) is 11.5 Å². The highest BCUT2D eigenvalue weighted by atomic mass is 16.7. The normalized spacial score (nSPS) is 19.9. The predicted molar refractivity (Wildman–Crippen MR) is 95.4 cm³/mol. The minimum absolute atomic E-state index is 0.191. The molecule has 0 aliphatic carbocycles. The molecule has 1 saturated heterocycles. The second-order valence-electron chi connectivity index (χ2n) is 6.39. The average Bonchev–Trinajstić information content (AvgIpc) is 3.02. The average molecular weight is 341 g/mol. The predicted octanol–water partition coefficient (Wildman–Crippen LogP) is 2.53. The fraction of sp³-hybridized carbons (Fsp3) is 0.421. The zero-order valence-corrected chi connectivity index (χ0v) is 14.6. The topological polar surface area (TPSA) is 47.1 Å². The van der Waals surface area contributed by atoms with Crippen LogP contribution >= 0.6 is 0 Å². The highest BCUT2D eigenvalue weighted by Gasteiger charge is 2.22. The Kier molecular flexibility index (Phi) is 4.36. The molecule has 0 bridgehead atoms. The first kappa shape index (κ1) is 16.0. The molecule has 25 heavy (non-hydrogen) atoms. The van der Waals surface area contributed by atoms with Crippen molar-refractivity contribution in [3.8, 4) is 17.4 Å². The lowest BCUT2D eigenvalue weighted by Crippen LogP contribution is -2.46. The van der Waals surface area contributed by atoms with Crippen LogP contribution in [0.15, 0.2) is 36.4 Å². The maximum Gasteiger partial charge on any atom is 0.238 e. The number of methoxy groups -OCH3 is 1. The van der Waals surface area contributed by atoms with Crippen LogP contribution in [0.5, 0.6) is 17.4 Å². The van der Waals surface area contributed by atoms with E-state index < -0.39 is 0 Å². The summed E-state index contributed by atoms with van der Waals surface area (Å²) in [6, 6.07) is 12.1. The molecule has 1 unspecified atom stereocenters. The Bertz CT molecular complexity index is 744. The van der Waals surface area contributed by atoms with Gasteiger partial charge in [-0.1, -0.05) is 12.1 Å².